The lowest BCUT2D eigenvalue weighted by Gasteiger charge is -2.11. The van der Waals surface area contributed by atoms with Crippen LogP contribution in [0.4, 0.5) is 4.79 Å². The third kappa shape index (κ3) is 6.71. The minimum Gasteiger partial charge on any atom is -0.434 e. The van der Waals surface area contributed by atoms with Crippen LogP contribution in [0, 0.1) is 11.8 Å². The van der Waals surface area contributed by atoms with Gasteiger partial charge in [-0.25, -0.2) is 4.79 Å². The highest BCUT2D eigenvalue weighted by molar-refractivity contribution is 5.59. The van der Waals surface area contributed by atoms with E-state index in [1.807, 2.05) is 13.8 Å². The molecule has 0 saturated heterocycles. The molecular formula is C10H21NO3. The van der Waals surface area contributed by atoms with Crippen molar-refractivity contribution in [2.24, 2.45) is 17.6 Å². The Labute approximate surface area is 85.8 Å². The van der Waals surface area contributed by atoms with Crippen molar-refractivity contribution < 1.29 is 14.3 Å². The first-order valence-corrected chi connectivity index (χ1v) is 5.09. The van der Waals surface area contributed by atoms with Gasteiger partial charge in [0.25, 0.3) is 0 Å². The van der Waals surface area contributed by atoms with Gasteiger partial charge in [-0.3, -0.25) is 0 Å². The molecule has 2 N–H and O–H groups in total. The first-order valence-electron chi connectivity index (χ1n) is 5.09. The van der Waals surface area contributed by atoms with Crippen molar-refractivity contribution in [3.05, 3.63) is 0 Å². The number of nitrogens with two attached hydrogens (primary N) is 1. The van der Waals surface area contributed by atoms with Crippen LogP contribution in [-0.2, 0) is 9.47 Å². The van der Waals surface area contributed by atoms with Crippen LogP contribution in [0.25, 0.3) is 0 Å². The minimum absolute atomic E-state index is 0.186. The summed E-state index contributed by atoms with van der Waals surface area (Å²) in [5, 5.41) is 0. The number of hydrogen-bond donors (Lipinski definition) is 1. The molecule has 4 nitrogen and oxygen atoms in total. The molecule has 0 aromatic rings. The van der Waals surface area contributed by atoms with Crippen molar-refractivity contribution >= 4 is 6.16 Å². The van der Waals surface area contributed by atoms with E-state index in [9.17, 15) is 4.79 Å². The zero-order chi connectivity index (χ0) is 11.0. The average molecular weight is 203 g/mol. The van der Waals surface area contributed by atoms with E-state index in [0.717, 1.165) is 6.42 Å². The van der Waals surface area contributed by atoms with Crippen LogP contribution in [0.5, 0.6) is 0 Å². The van der Waals surface area contributed by atoms with Gasteiger partial charge in [-0.15, -0.1) is 0 Å². The predicted octanol–water partition coefficient (Wildman–Crippen LogP) is 1.78. The van der Waals surface area contributed by atoms with Crippen molar-refractivity contribution in [3.63, 3.8) is 0 Å². The van der Waals surface area contributed by atoms with Crippen LogP contribution < -0.4 is 5.73 Å². The summed E-state index contributed by atoms with van der Waals surface area (Å²) in [7, 11) is 0. The quantitative estimate of drug-likeness (QED) is 0.668. The maximum absolute atomic E-state index is 11.0. The van der Waals surface area contributed by atoms with Gasteiger partial charge >= 0.3 is 6.16 Å². The van der Waals surface area contributed by atoms with Crippen LogP contribution in [-0.4, -0.2) is 25.9 Å². The monoisotopic (exact) mass is 203 g/mol. The lowest BCUT2D eigenvalue weighted by Crippen LogP contribution is -2.20. The second-order valence-electron chi connectivity index (χ2n) is 3.73. The van der Waals surface area contributed by atoms with Crippen LogP contribution in [0.3, 0.4) is 0 Å². The molecule has 0 radical (unpaired) electrons. The molecule has 84 valence electrons. The molecule has 4 heteroatoms. The molecule has 0 aromatic heterocycles. The Kier molecular flexibility index (Phi) is 7.20. The van der Waals surface area contributed by atoms with Gasteiger partial charge in [0.15, 0.2) is 0 Å². The van der Waals surface area contributed by atoms with Crippen molar-refractivity contribution in [1.29, 1.82) is 0 Å². The van der Waals surface area contributed by atoms with E-state index in [4.69, 9.17) is 15.2 Å². The summed E-state index contributed by atoms with van der Waals surface area (Å²) >= 11 is 0. The fourth-order valence-corrected chi connectivity index (χ4v) is 0.648. The lowest BCUT2D eigenvalue weighted by atomic mass is 10.1. The third-order valence-corrected chi connectivity index (χ3v) is 2.07. The Bertz CT molecular complexity index is 145. The Morgan fingerprint density at radius 3 is 2.14 bits per heavy atom. The number of rotatable bonds is 6. The maximum Gasteiger partial charge on any atom is 0.508 e. The van der Waals surface area contributed by atoms with Crippen LogP contribution >= 0.6 is 0 Å². The summed E-state index contributed by atoms with van der Waals surface area (Å²) in [5.41, 5.74) is 5.37. The molecule has 0 rings (SSSR count). The Balaban J connectivity index is 3.46. The second kappa shape index (κ2) is 7.62. The average Bonchev–Trinajstić information content (AvgIpc) is 2.22. The standard InChI is InChI=1S/C10H21NO3/c1-4-8(2)6-13-10(12)14-7-9(3)5-11/h8-9H,4-7,11H2,1-3H3. The summed E-state index contributed by atoms with van der Waals surface area (Å²) in [6, 6.07) is 0. The molecule has 0 amide bonds. The largest absolute Gasteiger partial charge is 0.508 e. The van der Waals surface area contributed by atoms with Gasteiger partial charge in [0.2, 0.25) is 0 Å². The van der Waals surface area contributed by atoms with E-state index in [-0.39, 0.29) is 5.92 Å². The van der Waals surface area contributed by atoms with Gasteiger partial charge < -0.3 is 15.2 Å². The van der Waals surface area contributed by atoms with Gasteiger partial charge in [0.1, 0.15) is 0 Å². The van der Waals surface area contributed by atoms with Crippen molar-refractivity contribution in [2.45, 2.75) is 27.2 Å². The molecule has 0 aromatic carbocycles. The third-order valence-electron chi connectivity index (χ3n) is 2.07. The first-order chi connectivity index (χ1) is 6.60. The Morgan fingerprint density at radius 1 is 1.21 bits per heavy atom. The summed E-state index contributed by atoms with van der Waals surface area (Å²) in [5.74, 6) is 0.570. The molecule has 0 heterocycles. The Morgan fingerprint density at radius 2 is 1.71 bits per heavy atom. The summed E-state index contributed by atoms with van der Waals surface area (Å²) in [6.45, 7) is 7.26. The van der Waals surface area contributed by atoms with Gasteiger partial charge in [-0.2, -0.15) is 0 Å². The fourth-order valence-electron chi connectivity index (χ4n) is 0.648. The number of carbonyl (C=O) groups is 1. The molecule has 14 heavy (non-hydrogen) atoms. The van der Waals surface area contributed by atoms with E-state index >= 15 is 0 Å². The summed E-state index contributed by atoms with van der Waals surface area (Å²) in [4.78, 5) is 11.0. The highest BCUT2D eigenvalue weighted by atomic mass is 16.7. The second-order valence-corrected chi connectivity index (χ2v) is 3.73. The van der Waals surface area contributed by atoms with Crippen molar-refractivity contribution in [2.75, 3.05) is 19.8 Å². The summed E-state index contributed by atoms with van der Waals surface area (Å²) in [6.07, 6.45) is 0.401. The van der Waals surface area contributed by atoms with Crippen LogP contribution in [0.1, 0.15) is 27.2 Å². The van der Waals surface area contributed by atoms with Crippen molar-refractivity contribution in [1.82, 2.24) is 0 Å². The molecule has 0 bridgehead atoms. The van der Waals surface area contributed by atoms with Gasteiger partial charge in [-0.1, -0.05) is 27.2 Å². The first kappa shape index (κ1) is 13.2. The van der Waals surface area contributed by atoms with Crippen LogP contribution in [0.15, 0.2) is 0 Å². The van der Waals surface area contributed by atoms with E-state index in [1.165, 1.54) is 0 Å². The molecule has 0 aliphatic carbocycles. The molecular weight excluding hydrogens is 182 g/mol. The van der Waals surface area contributed by atoms with E-state index in [2.05, 4.69) is 6.92 Å². The highest BCUT2D eigenvalue weighted by Crippen LogP contribution is 2.02. The zero-order valence-electron chi connectivity index (χ0n) is 9.29. The lowest BCUT2D eigenvalue weighted by molar-refractivity contribution is 0.0379. The number of hydrogen-bond acceptors (Lipinski definition) is 4. The maximum atomic E-state index is 11.0. The van der Waals surface area contributed by atoms with Gasteiger partial charge in [0, 0.05) is 5.92 Å². The molecule has 0 aliphatic heterocycles. The fraction of sp³-hybridized carbons (Fsp3) is 0.900. The summed E-state index contributed by atoms with van der Waals surface area (Å²) < 4.78 is 9.74. The molecule has 2 atom stereocenters. The molecule has 2 unspecified atom stereocenters. The topological polar surface area (TPSA) is 61.5 Å². The normalized spacial score (nSPS) is 14.6. The highest BCUT2D eigenvalue weighted by Gasteiger charge is 2.08. The number of ether oxygens (including phenoxy) is 2. The minimum atomic E-state index is -0.592. The van der Waals surface area contributed by atoms with E-state index in [0.29, 0.717) is 25.7 Å². The molecule has 0 fully saturated rings. The van der Waals surface area contributed by atoms with E-state index in [1.54, 1.807) is 0 Å². The van der Waals surface area contributed by atoms with Crippen molar-refractivity contribution in [3.8, 4) is 0 Å². The van der Waals surface area contributed by atoms with Gasteiger partial charge in [-0.05, 0) is 12.5 Å². The smallest absolute Gasteiger partial charge is 0.434 e. The zero-order valence-corrected chi connectivity index (χ0v) is 9.29. The predicted molar refractivity (Wildman–Crippen MR) is 55.0 cm³/mol. The van der Waals surface area contributed by atoms with Gasteiger partial charge in [0.05, 0.1) is 13.2 Å². The molecule has 0 aliphatic rings. The van der Waals surface area contributed by atoms with Crippen LogP contribution in [0.2, 0.25) is 0 Å². The number of carbonyl (C=O) groups excluding carboxylic acids is 1. The molecule has 0 saturated carbocycles. The SMILES string of the molecule is CCC(C)COC(=O)OCC(C)CN. The Hall–Kier alpha value is -0.770. The van der Waals surface area contributed by atoms with E-state index < -0.39 is 6.16 Å². The molecule has 0 spiro atoms.